The zero-order chi connectivity index (χ0) is 13.0. The van der Waals surface area contributed by atoms with Crippen molar-refractivity contribution in [3.05, 3.63) is 23.9 Å². The van der Waals surface area contributed by atoms with Crippen LogP contribution in [0.1, 0.15) is 12.5 Å². The molecule has 18 heavy (non-hydrogen) atoms. The molecule has 1 aliphatic rings. The lowest BCUT2D eigenvalue weighted by Crippen LogP contribution is -2.47. The Bertz CT molecular complexity index is 386. The second kappa shape index (κ2) is 6.13. The fourth-order valence-electron chi connectivity index (χ4n) is 2.40. The van der Waals surface area contributed by atoms with Crippen molar-refractivity contribution < 1.29 is 9.84 Å². The van der Waals surface area contributed by atoms with Crippen molar-refractivity contribution in [2.75, 3.05) is 32.1 Å². The van der Waals surface area contributed by atoms with Gasteiger partial charge >= 0.3 is 0 Å². The van der Waals surface area contributed by atoms with Gasteiger partial charge in [-0.1, -0.05) is 6.07 Å². The highest BCUT2D eigenvalue weighted by Crippen LogP contribution is 2.17. The number of hydrogen-bond donors (Lipinski definition) is 2. The van der Waals surface area contributed by atoms with Gasteiger partial charge < -0.3 is 15.2 Å². The van der Waals surface area contributed by atoms with Crippen LogP contribution in [0.2, 0.25) is 0 Å². The van der Waals surface area contributed by atoms with Crippen molar-refractivity contribution in [3.63, 3.8) is 0 Å². The molecule has 1 aromatic rings. The number of aromatic nitrogens is 1. The SMILES string of the molecule is CNc1ncccc1CN1CC(C)OC(CO)C1. The molecule has 1 aromatic heterocycles. The Kier molecular flexibility index (Phi) is 4.52. The third-order valence-corrected chi connectivity index (χ3v) is 3.13. The van der Waals surface area contributed by atoms with Gasteiger partial charge in [-0.2, -0.15) is 0 Å². The standard InChI is InChI=1S/C13H21N3O2/c1-10-6-16(8-12(9-17)18-10)7-11-4-3-5-15-13(11)14-2/h3-5,10,12,17H,6-9H2,1-2H3,(H,14,15). The molecule has 1 aliphatic heterocycles. The first kappa shape index (κ1) is 13.3. The predicted octanol–water partition coefficient (Wildman–Crippen LogP) is 0.705. The highest BCUT2D eigenvalue weighted by molar-refractivity contribution is 5.42. The first-order valence-corrected chi connectivity index (χ1v) is 6.33. The van der Waals surface area contributed by atoms with Crippen LogP contribution in [0.3, 0.4) is 0 Å². The molecular weight excluding hydrogens is 230 g/mol. The zero-order valence-electron chi connectivity index (χ0n) is 11.0. The Morgan fingerprint density at radius 1 is 1.56 bits per heavy atom. The normalized spacial score (nSPS) is 25.1. The number of pyridine rings is 1. The first-order valence-electron chi connectivity index (χ1n) is 6.33. The Morgan fingerprint density at radius 3 is 3.11 bits per heavy atom. The maximum absolute atomic E-state index is 9.22. The molecule has 0 spiro atoms. The van der Waals surface area contributed by atoms with Gasteiger partial charge in [0.2, 0.25) is 0 Å². The van der Waals surface area contributed by atoms with Crippen molar-refractivity contribution in [1.82, 2.24) is 9.88 Å². The fraction of sp³-hybridized carbons (Fsp3) is 0.615. The van der Waals surface area contributed by atoms with Gasteiger partial charge in [0.05, 0.1) is 18.8 Å². The molecule has 100 valence electrons. The minimum atomic E-state index is -0.0801. The molecule has 0 radical (unpaired) electrons. The van der Waals surface area contributed by atoms with Crippen LogP contribution in [0.15, 0.2) is 18.3 Å². The Morgan fingerprint density at radius 2 is 2.39 bits per heavy atom. The van der Waals surface area contributed by atoms with Crippen LogP contribution in [0.5, 0.6) is 0 Å². The monoisotopic (exact) mass is 251 g/mol. The highest BCUT2D eigenvalue weighted by atomic mass is 16.5. The van der Waals surface area contributed by atoms with Crippen LogP contribution in [-0.2, 0) is 11.3 Å². The molecule has 5 nitrogen and oxygen atoms in total. The molecule has 2 rings (SSSR count). The number of nitrogens with one attached hydrogen (secondary N) is 1. The van der Waals surface area contributed by atoms with Crippen molar-refractivity contribution >= 4 is 5.82 Å². The molecular formula is C13H21N3O2. The van der Waals surface area contributed by atoms with Crippen molar-refractivity contribution in [2.24, 2.45) is 0 Å². The van der Waals surface area contributed by atoms with Gasteiger partial charge in [0.25, 0.3) is 0 Å². The summed E-state index contributed by atoms with van der Waals surface area (Å²) in [6.45, 7) is 4.59. The lowest BCUT2D eigenvalue weighted by Gasteiger charge is -2.36. The summed E-state index contributed by atoms with van der Waals surface area (Å²) < 4.78 is 5.64. The van der Waals surface area contributed by atoms with Gasteiger partial charge in [0.1, 0.15) is 5.82 Å². The highest BCUT2D eigenvalue weighted by Gasteiger charge is 2.25. The largest absolute Gasteiger partial charge is 0.394 e. The number of aliphatic hydroxyl groups is 1. The molecule has 1 saturated heterocycles. The molecule has 0 aromatic carbocycles. The lowest BCUT2D eigenvalue weighted by molar-refractivity contribution is -0.0972. The maximum atomic E-state index is 9.22. The summed E-state index contributed by atoms with van der Waals surface area (Å²) in [6, 6.07) is 4.02. The van der Waals surface area contributed by atoms with E-state index < -0.39 is 0 Å². The minimum absolute atomic E-state index is 0.0762. The summed E-state index contributed by atoms with van der Waals surface area (Å²) in [5, 5.41) is 12.3. The maximum Gasteiger partial charge on any atom is 0.130 e. The van der Waals surface area contributed by atoms with Gasteiger partial charge in [-0.25, -0.2) is 4.98 Å². The van der Waals surface area contributed by atoms with E-state index in [4.69, 9.17) is 4.74 Å². The van der Waals surface area contributed by atoms with E-state index in [0.29, 0.717) is 0 Å². The third kappa shape index (κ3) is 3.19. The average molecular weight is 251 g/mol. The summed E-state index contributed by atoms with van der Waals surface area (Å²) >= 11 is 0. The second-order valence-corrected chi connectivity index (χ2v) is 4.71. The van der Waals surface area contributed by atoms with E-state index in [1.165, 1.54) is 5.56 Å². The molecule has 1 fully saturated rings. The fourth-order valence-corrected chi connectivity index (χ4v) is 2.40. The van der Waals surface area contributed by atoms with E-state index in [1.54, 1.807) is 6.20 Å². The van der Waals surface area contributed by atoms with Crippen LogP contribution in [0.25, 0.3) is 0 Å². The van der Waals surface area contributed by atoms with E-state index >= 15 is 0 Å². The number of hydrogen-bond acceptors (Lipinski definition) is 5. The minimum Gasteiger partial charge on any atom is -0.394 e. The van der Waals surface area contributed by atoms with E-state index in [2.05, 4.69) is 21.3 Å². The molecule has 0 bridgehead atoms. The Hall–Kier alpha value is -1.17. The predicted molar refractivity (Wildman–Crippen MR) is 70.5 cm³/mol. The molecule has 2 unspecified atom stereocenters. The molecule has 0 aliphatic carbocycles. The zero-order valence-corrected chi connectivity index (χ0v) is 11.0. The smallest absolute Gasteiger partial charge is 0.130 e. The number of ether oxygens (including phenoxy) is 1. The van der Waals surface area contributed by atoms with E-state index in [0.717, 1.165) is 25.5 Å². The van der Waals surface area contributed by atoms with Crippen LogP contribution < -0.4 is 5.32 Å². The van der Waals surface area contributed by atoms with Gasteiger partial charge in [0, 0.05) is 38.4 Å². The number of nitrogens with zero attached hydrogens (tertiary/aromatic N) is 2. The molecule has 2 N–H and O–H groups in total. The summed E-state index contributed by atoms with van der Waals surface area (Å²) in [5.74, 6) is 0.914. The van der Waals surface area contributed by atoms with Gasteiger partial charge in [-0.05, 0) is 13.0 Å². The molecule has 2 atom stereocenters. The van der Waals surface area contributed by atoms with Gasteiger partial charge in [0.15, 0.2) is 0 Å². The topological polar surface area (TPSA) is 57.6 Å². The Balaban J connectivity index is 2.04. The molecule has 2 heterocycles. The van der Waals surface area contributed by atoms with Crippen molar-refractivity contribution in [3.8, 4) is 0 Å². The van der Waals surface area contributed by atoms with E-state index in [9.17, 15) is 5.11 Å². The third-order valence-electron chi connectivity index (χ3n) is 3.13. The van der Waals surface area contributed by atoms with E-state index in [-0.39, 0.29) is 18.8 Å². The summed E-state index contributed by atoms with van der Waals surface area (Å²) in [6.07, 6.45) is 1.86. The average Bonchev–Trinajstić information content (AvgIpc) is 2.38. The van der Waals surface area contributed by atoms with Crippen molar-refractivity contribution in [1.29, 1.82) is 0 Å². The van der Waals surface area contributed by atoms with Crippen LogP contribution >= 0.6 is 0 Å². The van der Waals surface area contributed by atoms with Crippen LogP contribution in [0, 0.1) is 0 Å². The summed E-state index contributed by atoms with van der Waals surface area (Å²) in [7, 11) is 1.88. The number of morpholine rings is 1. The first-order chi connectivity index (χ1) is 8.72. The molecule has 0 saturated carbocycles. The van der Waals surface area contributed by atoms with Crippen LogP contribution in [-0.4, -0.2) is 53.9 Å². The number of anilines is 1. The van der Waals surface area contributed by atoms with Gasteiger partial charge in [-0.3, -0.25) is 4.90 Å². The Labute approximate surface area is 108 Å². The molecule has 0 amide bonds. The summed E-state index contributed by atoms with van der Waals surface area (Å²) in [5.41, 5.74) is 1.17. The van der Waals surface area contributed by atoms with Crippen LogP contribution in [0.4, 0.5) is 5.82 Å². The summed E-state index contributed by atoms with van der Waals surface area (Å²) in [4.78, 5) is 6.60. The van der Waals surface area contributed by atoms with Gasteiger partial charge in [-0.15, -0.1) is 0 Å². The number of aliphatic hydroxyl groups excluding tert-OH is 1. The lowest BCUT2D eigenvalue weighted by atomic mass is 10.1. The molecule has 5 heteroatoms. The quantitative estimate of drug-likeness (QED) is 0.825. The van der Waals surface area contributed by atoms with E-state index in [1.807, 2.05) is 20.0 Å². The van der Waals surface area contributed by atoms with Crippen molar-refractivity contribution in [2.45, 2.75) is 25.7 Å². The number of rotatable bonds is 4. The second-order valence-electron chi connectivity index (χ2n) is 4.71.